The van der Waals surface area contributed by atoms with E-state index in [2.05, 4.69) is 6.92 Å². The summed E-state index contributed by atoms with van der Waals surface area (Å²) in [4.78, 5) is 22.7. The normalized spacial score (nSPS) is 13.6. The number of nitrogens with two attached hydrogens (primary N) is 1. The molecule has 0 bridgehead atoms. The first-order chi connectivity index (χ1) is 9.45. The third-order valence-electron chi connectivity index (χ3n) is 3.38. The number of carbonyl (C=O) groups excluding carboxylic acids is 2. The van der Waals surface area contributed by atoms with Gasteiger partial charge in [-0.15, -0.1) is 0 Å². The van der Waals surface area contributed by atoms with Crippen molar-refractivity contribution in [3.05, 3.63) is 35.4 Å². The van der Waals surface area contributed by atoms with Gasteiger partial charge in [-0.2, -0.15) is 0 Å². The van der Waals surface area contributed by atoms with Crippen LogP contribution < -0.4 is 5.73 Å². The molecule has 0 saturated heterocycles. The van der Waals surface area contributed by atoms with E-state index in [9.17, 15) is 9.59 Å². The van der Waals surface area contributed by atoms with Gasteiger partial charge in [-0.1, -0.05) is 31.2 Å². The van der Waals surface area contributed by atoms with Gasteiger partial charge in [0.05, 0.1) is 12.6 Å². The quantitative estimate of drug-likeness (QED) is 0.614. The van der Waals surface area contributed by atoms with Crippen molar-refractivity contribution in [3.63, 3.8) is 0 Å². The zero-order valence-corrected chi connectivity index (χ0v) is 12.4. The minimum absolute atomic E-state index is 0.0788. The summed E-state index contributed by atoms with van der Waals surface area (Å²) in [5.74, 6) is -0.0570. The number of ketones is 1. The van der Waals surface area contributed by atoms with Crippen molar-refractivity contribution in [1.82, 2.24) is 0 Å². The molecular weight excluding hydrogens is 254 g/mol. The predicted octanol–water partition coefficient (Wildman–Crippen LogP) is 2.66. The monoisotopic (exact) mass is 277 g/mol. The maximum Gasteiger partial charge on any atom is 0.319 e. The maximum absolute atomic E-state index is 11.6. The van der Waals surface area contributed by atoms with Gasteiger partial charge in [0.25, 0.3) is 0 Å². The number of carbonyl (C=O) groups is 2. The molecule has 4 heteroatoms. The van der Waals surface area contributed by atoms with Gasteiger partial charge in [0.2, 0.25) is 0 Å². The summed E-state index contributed by atoms with van der Waals surface area (Å²) in [7, 11) is 0. The number of Topliss-reactive ketones (excluding diaryl/α,β-unsaturated/α-hetero) is 1. The van der Waals surface area contributed by atoms with Crippen LogP contribution >= 0.6 is 0 Å². The highest BCUT2D eigenvalue weighted by Crippen LogP contribution is 2.25. The lowest BCUT2D eigenvalue weighted by Gasteiger charge is -2.18. The smallest absolute Gasteiger partial charge is 0.319 e. The first-order valence-corrected chi connectivity index (χ1v) is 6.95. The van der Waals surface area contributed by atoms with Crippen LogP contribution in [0.2, 0.25) is 0 Å². The summed E-state index contributed by atoms with van der Waals surface area (Å²) in [6.07, 6.45) is 1.45. The fourth-order valence-corrected chi connectivity index (χ4v) is 2.22. The third-order valence-corrected chi connectivity index (χ3v) is 3.38. The predicted molar refractivity (Wildman–Crippen MR) is 78.7 cm³/mol. The molecule has 0 radical (unpaired) electrons. The molecule has 0 aliphatic carbocycles. The van der Waals surface area contributed by atoms with Gasteiger partial charge in [0.15, 0.2) is 5.78 Å². The van der Waals surface area contributed by atoms with E-state index >= 15 is 0 Å². The zero-order valence-electron chi connectivity index (χ0n) is 12.4. The topological polar surface area (TPSA) is 69.4 Å². The second-order valence-corrected chi connectivity index (χ2v) is 5.13. The fraction of sp³-hybridized carbons (Fsp3) is 0.500. The molecule has 0 aromatic heterocycles. The Bertz CT molecular complexity index is 471. The molecule has 1 rings (SSSR count). The molecular formula is C16H23NO3. The molecule has 0 fully saturated rings. The van der Waals surface area contributed by atoms with E-state index in [-0.39, 0.29) is 30.3 Å². The first-order valence-electron chi connectivity index (χ1n) is 6.95. The van der Waals surface area contributed by atoms with Crippen molar-refractivity contribution < 1.29 is 14.3 Å². The molecule has 110 valence electrons. The molecule has 4 nitrogen and oxygen atoms in total. The maximum atomic E-state index is 11.6. The van der Waals surface area contributed by atoms with Crippen LogP contribution in [0.25, 0.3) is 0 Å². The van der Waals surface area contributed by atoms with Crippen molar-refractivity contribution in [2.24, 2.45) is 5.73 Å². The minimum Gasteiger partial charge on any atom is -0.462 e. The number of esters is 1. The summed E-state index contributed by atoms with van der Waals surface area (Å²) in [6.45, 7) is 5.43. The van der Waals surface area contributed by atoms with Gasteiger partial charge in [0.1, 0.15) is 0 Å². The van der Waals surface area contributed by atoms with Crippen LogP contribution in [0.3, 0.4) is 0 Å². The van der Waals surface area contributed by atoms with Crippen LogP contribution in [-0.2, 0) is 9.53 Å². The molecule has 0 aliphatic heterocycles. The van der Waals surface area contributed by atoms with Gasteiger partial charge in [-0.05, 0) is 38.2 Å². The molecule has 1 unspecified atom stereocenters. The molecule has 0 heterocycles. The molecule has 1 aromatic carbocycles. The van der Waals surface area contributed by atoms with Crippen molar-refractivity contribution in [1.29, 1.82) is 0 Å². The Balaban J connectivity index is 2.61. The number of rotatable bonds is 7. The summed E-state index contributed by atoms with van der Waals surface area (Å²) in [5.41, 5.74) is 7.03. The van der Waals surface area contributed by atoms with Crippen LogP contribution in [0.15, 0.2) is 24.3 Å². The largest absolute Gasteiger partial charge is 0.462 e. The zero-order chi connectivity index (χ0) is 15.1. The number of hydrogen-bond acceptors (Lipinski definition) is 4. The van der Waals surface area contributed by atoms with E-state index in [1.54, 1.807) is 6.92 Å². The molecule has 2 atom stereocenters. The number of hydrogen-bond donors (Lipinski definition) is 1. The molecule has 1 aromatic rings. The van der Waals surface area contributed by atoms with Crippen LogP contribution in [0, 0.1) is 0 Å². The summed E-state index contributed by atoms with van der Waals surface area (Å²) in [6, 6.07) is 7.65. The van der Waals surface area contributed by atoms with E-state index < -0.39 is 0 Å². The molecule has 0 saturated carbocycles. The lowest BCUT2D eigenvalue weighted by Crippen LogP contribution is -2.22. The summed E-state index contributed by atoms with van der Waals surface area (Å²) in [5, 5.41) is 0. The standard InChI is InChI=1S/C16H23NO3/c1-11(8-9-12(2)20-16(19)10-17)14-6-4-5-7-15(14)13(3)18/h4-7,11-12H,8-10,17H2,1-3H3/t11-,12?/m0/s1. The average Bonchev–Trinajstić information content (AvgIpc) is 2.44. The second kappa shape index (κ2) is 7.80. The lowest BCUT2D eigenvalue weighted by molar-refractivity contribution is -0.146. The Morgan fingerprint density at radius 2 is 1.85 bits per heavy atom. The van der Waals surface area contributed by atoms with Crippen molar-refractivity contribution in [2.45, 2.75) is 45.6 Å². The number of benzene rings is 1. The Morgan fingerprint density at radius 1 is 1.20 bits per heavy atom. The van der Waals surface area contributed by atoms with Gasteiger partial charge < -0.3 is 10.5 Å². The Labute approximate surface area is 120 Å². The summed E-state index contributed by atoms with van der Waals surface area (Å²) < 4.78 is 5.13. The summed E-state index contributed by atoms with van der Waals surface area (Å²) >= 11 is 0. The molecule has 0 spiro atoms. The van der Waals surface area contributed by atoms with E-state index in [0.29, 0.717) is 0 Å². The van der Waals surface area contributed by atoms with Crippen LogP contribution in [-0.4, -0.2) is 24.4 Å². The van der Waals surface area contributed by atoms with Crippen molar-refractivity contribution >= 4 is 11.8 Å². The minimum atomic E-state index is -0.380. The average molecular weight is 277 g/mol. The highest BCUT2D eigenvalue weighted by atomic mass is 16.5. The third kappa shape index (κ3) is 4.78. The van der Waals surface area contributed by atoms with Gasteiger partial charge in [-0.3, -0.25) is 9.59 Å². The Hall–Kier alpha value is -1.68. The van der Waals surface area contributed by atoms with Gasteiger partial charge in [0, 0.05) is 5.56 Å². The lowest BCUT2D eigenvalue weighted by atomic mass is 9.90. The second-order valence-electron chi connectivity index (χ2n) is 5.13. The van der Waals surface area contributed by atoms with E-state index in [1.165, 1.54) is 0 Å². The number of ether oxygens (including phenoxy) is 1. The molecule has 0 aliphatic rings. The highest BCUT2D eigenvalue weighted by molar-refractivity contribution is 5.95. The molecule has 20 heavy (non-hydrogen) atoms. The van der Waals surface area contributed by atoms with Gasteiger partial charge in [-0.25, -0.2) is 0 Å². The van der Waals surface area contributed by atoms with Crippen LogP contribution in [0.4, 0.5) is 0 Å². The Morgan fingerprint density at radius 3 is 2.45 bits per heavy atom. The van der Waals surface area contributed by atoms with Crippen molar-refractivity contribution in [3.8, 4) is 0 Å². The van der Waals surface area contributed by atoms with E-state index in [0.717, 1.165) is 24.0 Å². The SMILES string of the molecule is CC(=O)c1ccccc1[C@@H](C)CCC(C)OC(=O)CN. The molecule has 0 amide bonds. The van der Waals surface area contributed by atoms with Gasteiger partial charge >= 0.3 is 5.97 Å². The van der Waals surface area contributed by atoms with Crippen molar-refractivity contribution in [2.75, 3.05) is 6.54 Å². The highest BCUT2D eigenvalue weighted by Gasteiger charge is 2.15. The van der Waals surface area contributed by atoms with Crippen LogP contribution in [0.5, 0.6) is 0 Å². The van der Waals surface area contributed by atoms with E-state index in [4.69, 9.17) is 10.5 Å². The first kappa shape index (κ1) is 16.4. The van der Waals surface area contributed by atoms with E-state index in [1.807, 2.05) is 31.2 Å². The fourth-order valence-electron chi connectivity index (χ4n) is 2.22. The van der Waals surface area contributed by atoms with Crippen LogP contribution in [0.1, 0.15) is 55.5 Å². The molecule has 2 N–H and O–H groups in total. The Kier molecular flexibility index (Phi) is 6.39.